The number of benzene rings is 2. The Morgan fingerprint density at radius 1 is 1.07 bits per heavy atom. The number of hydrogen-bond donors (Lipinski definition) is 2. The number of fused-ring (bicyclic) bond motifs is 1. The summed E-state index contributed by atoms with van der Waals surface area (Å²) in [7, 11) is 0. The number of carbonyl (C=O) groups excluding carboxylic acids is 1. The minimum absolute atomic E-state index is 0.0958. The van der Waals surface area contributed by atoms with Crippen LogP contribution >= 0.6 is 0 Å². The molecule has 0 saturated heterocycles. The molecule has 3 aromatic rings. The molecule has 0 bridgehead atoms. The Morgan fingerprint density at radius 2 is 1.76 bits per heavy atom. The molecule has 1 aromatic heterocycles. The minimum atomic E-state index is -0.521. The van der Waals surface area contributed by atoms with E-state index in [0.717, 1.165) is 5.56 Å². The highest BCUT2D eigenvalue weighted by Crippen LogP contribution is 2.28. The SMILES string of the molecule is CCOc1ccc(/C(C)=N\NC(=O)c2n[nH]c(=O)c3ccccc23)cc1OCC. The fourth-order valence-electron chi connectivity index (χ4n) is 2.82. The van der Waals surface area contributed by atoms with Crippen LogP contribution in [0.5, 0.6) is 11.5 Å². The smallest absolute Gasteiger partial charge is 0.292 e. The Balaban J connectivity index is 1.85. The average Bonchev–Trinajstić information content (AvgIpc) is 2.74. The second-order valence-corrected chi connectivity index (χ2v) is 6.11. The van der Waals surface area contributed by atoms with Crippen molar-refractivity contribution in [2.75, 3.05) is 13.2 Å². The monoisotopic (exact) mass is 394 g/mol. The number of nitrogens with one attached hydrogen (secondary N) is 2. The zero-order chi connectivity index (χ0) is 20.8. The number of carbonyl (C=O) groups is 1. The molecule has 2 aromatic carbocycles. The summed E-state index contributed by atoms with van der Waals surface area (Å²) in [6, 6.07) is 12.2. The Hall–Kier alpha value is -3.68. The predicted octanol–water partition coefficient (Wildman–Crippen LogP) is 2.87. The molecule has 0 fully saturated rings. The summed E-state index contributed by atoms with van der Waals surface area (Å²) in [5.74, 6) is 0.743. The van der Waals surface area contributed by atoms with Crippen molar-refractivity contribution in [2.24, 2.45) is 5.10 Å². The van der Waals surface area contributed by atoms with Gasteiger partial charge in [-0.3, -0.25) is 9.59 Å². The van der Waals surface area contributed by atoms with E-state index in [-0.39, 0.29) is 11.3 Å². The Kier molecular flexibility index (Phi) is 6.23. The van der Waals surface area contributed by atoms with Crippen molar-refractivity contribution in [1.82, 2.24) is 15.6 Å². The Bertz CT molecular complexity index is 1120. The van der Waals surface area contributed by atoms with E-state index >= 15 is 0 Å². The van der Waals surface area contributed by atoms with Gasteiger partial charge in [-0.15, -0.1) is 0 Å². The number of hydrogen-bond acceptors (Lipinski definition) is 6. The number of amides is 1. The highest BCUT2D eigenvalue weighted by Gasteiger charge is 2.14. The van der Waals surface area contributed by atoms with Gasteiger partial charge in [-0.25, -0.2) is 10.5 Å². The van der Waals surface area contributed by atoms with Gasteiger partial charge in [0.1, 0.15) is 0 Å². The third-order valence-electron chi connectivity index (χ3n) is 4.20. The van der Waals surface area contributed by atoms with E-state index in [1.807, 2.05) is 32.0 Å². The highest BCUT2D eigenvalue weighted by molar-refractivity contribution is 6.06. The summed E-state index contributed by atoms with van der Waals surface area (Å²) >= 11 is 0. The largest absolute Gasteiger partial charge is 0.490 e. The number of ether oxygens (including phenoxy) is 2. The van der Waals surface area contributed by atoms with E-state index in [4.69, 9.17) is 9.47 Å². The number of H-pyrrole nitrogens is 1. The molecule has 8 nitrogen and oxygen atoms in total. The van der Waals surface area contributed by atoms with Crippen molar-refractivity contribution in [3.8, 4) is 11.5 Å². The summed E-state index contributed by atoms with van der Waals surface area (Å²) in [6.45, 7) is 6.60. The van der Waals surface area contributed by atoms with Crippen LogP contribution in [0.2, 0.25) is 0 Å². The van der Waals surface area contributed by atoms with Gasteiger partial charge in [0.2, 0.25) is 0 Å². The van der Waals surface area contributed by atoms with Crippen molar-refractivity contribution in [3.63, 3.8) is 0 Å². The van der Waals surface area contributed by atoms with Gasteiger partial charge in [0, 0.05) is 10.9 Å². The van der Waals surface area contributed by atoms with E-state index in [2.05, 4.69) is 20.7 Å². The van der Waals surface area contributed by atoms with E-state index in [1.165, 1.54) is 0 Å². The van der Waals surface area contributed by atoms with E-state index in [1.54, 1.807) is 31.2 Å². The summed E-state index contributed by atoms with van der Waals surface area (Å²) in [5, 5.41) is 11.2. The molecule has 1 heterocycles. The predicted molar refractivity (Wildman–Crippen MR) is 111 cm³/mol. The Labute approximate surface area is 167 Å². The van der Waals surface area contributed by atoms with Crippen LogP contribution in [0, 0.1) is 0 Å². The molecular weight excluding hydrogens is 372 g/mol. The van der Waals surface area contributed by atoms with Crippen molar-refractivity contribution < 1.29 is 14.3 Å². The van der Waals surface area contributed by atoms with Crippen molar-refractivity contribution in [2.45, 2.75) is 20.8 Å². The van der Waals surface area contributed by atoms with Crippen molar-refractivity contribution in [3.05, 3.63) is 64.1 Å². The standard InChI is InChI=1S/C21H22N4O4/c1-4-28-17-11-10-14(12-18(17)29-5-2)13(3)22-25-21(27)19-15-8-6-7-9-16(15)20(26)24-23-19/h6-12H,4-5H2,1-3H3,(H,24,26)(H,25,27)/b22-13-. The lowest BCUT2D eigenvalue weighted by Gasteiger charge is -2.12. The first-order valence-electron chi connectivity index (χ1n) is 9.27. The Morgan fingerprint density at radius 3 is 2.48 bits per heavy atom. The van der Waals surface area contributed by atoms with Gasteiger partial charge < -0.3 is 9.47 Å². The van der Waals surface area contributed by atoms with E-state index in [9.17, 15) is 9.59 Å². The molecule has 0 unspecified atom stereocenters. The third-order valence-corrected chi connectivity index (χ3v) is 4.20. The molecule has 0 saturated carbocycles. The number of nitrogens with zero attached hydrogens (tertiary/aromatic N) is 2. The minimum Gasteiger partial charge on any atom is -0.490 e. The van der Waals surface area contributed by atoms with Crippen LogP contribution in [-0.4, -0.2) is 35.0 Å². The number of aromatic amines is 1. The molecule has 3 rings (SSSR count). The fourth-order valence-corrected chi connectivity index (χ4v) is 2.82. The van der Waals surface area contributed by atoms with Gasteiger partial charge >= 0.3 is 0 Å². The average molecular weight is 394 g/mol. The van der Waals surface area contributed by atoms with Crippen LogP contribution in [-0.2, 0) is 0 Å². The van der Waals surface area contributed by atoms with Crippen LogP contribution in [0.1, 0.15) is 36.8 Å². The lowest BCUT2D eigenvalue weighted by molar-refractivity contribution is 0.0950. The molecule has 0 atom stereocenters. The van der Waals surface area contributed by atoms with Crippen LogP contribution in [0.25, 0.3) is 10.8 Å². The van der Waals surface area contributed by atoms with Gasteiger partial charge in [0.25, 0.3) is 11.5 Å². The van der Waals surface area contributed by atoms with Crippen molar-refractivity contribution in [1.29, 1.82) is 0 Å². The first kappa shape index (κ1) is 20.1. The maximum atomic E-state index is 12.6. The molecular formula is C21H22N4O4. The topological polar surface area (TPSA) is 106 Å². The summed E-state index contributed by atoms with van der Waals surface area (Å²) in [6.07, 6.45) is 0. The second-order valence-electron chi connectivity index (χ2n) is 6.11. The second kappa shape index (κ2) is 9.01. The number of hydrazone groups is 1. The maximum Gasteiger partial charge on any atom is 0.292 e. The van der Waals surface area contributed by atoms with Gasteiger partial charge in [0.05, 0.1) is 24.3 Å². The first-order valence-corrected chi connectivity index (χ1v) is 9.27. The first-order chi connectivity index (χ1) is 14.0. The van der Waals surface area contributed by atoms with Gasteiger partial charge in [-0.1, -0.05) is 18.2 Å². The van der Waals surface area contributed by atoms with Crippen LogP contribution in [0.15, 0.2) is 52.4 Å². The molecule has 0 aliphatic rings. The van der Waals surface area contributed by atoms with E-state index in [0.29, 0.717) is 41.2 Å². The zero-order valence-corrected chi connectivity index (χ0v) is 16.5. The van der Waals surface area contributed by atoms with Crippen molar-refractivity contribution >= 4 is 22.4 Å². The number of aromatic nitrogens is 2. The molecule has 0 aliphatic carbocycles. The van der Waals surface area contributed by atoms with E-state index < -0.39 is 5.91 Å². The summed E-state index contributed by atoms with van der Waals surface area (Å²) < 4.78 is 11.2. The molecule has 150 valence electrons. The lowest BCUT2D eigenvalue weighted by Crippen LogP contribution is -2.23. The number of rotatable bonds is 7. The molecule has 8 heteroatoms. The normalized spacial score (nSPS) is 11.3. The van der Waals surface area contributed by atoms with Crippen LogP contribution in [0.3, 0.4) is 0 Å². The van der Waals surface area contributed by atoms with Gasteiger partial charge in [0.15, 0.2) is 17.2 Å². The summed E-state index contributed by atoms with van der Waals surface area (Å²) in [4.78, 5) is 24.4. The fraction of sp³-hybridized carbons (Fsp3) is 0.238. The third kappa shape index (κ3) is 4.43. The van der Waals surface area contributed by atoms with Crippen LogP contribution < -0.4 is 20.5 Å². The van der Waals surface area contributed by atoms with Gasteiger partial charge in [-0.05, 0) is 45.0 Å². The quantitative estimate of drug-likeness (QED) is 0.473. The molecule has 0 radical (unpaired) electrons. The highest BCUT2D eigenvalue weighted by atomic mass is 16.5. The lowest BCUT2D eigenvalue weighted by atomic mass is 10.1. The molecule has 29 heavy (non-hydrogen) atoms. The van der Waals surface area contributed by atoms with Gasteiger partial charge in [-0.2, -0.15) is 10.2 Å². The van der Waals surface area contributed by atoms with Crippen LogP contribution in [0.4, 0.5) is 0 Å². The summed E-state index contributed by atoms with van der Waals surface area (Å²) in [5.41, 5.74) is 3.59. The molecule has 2 N–H and O–H groups in total. The maximum absolute atomic E-state index is 12.6. The molecule has 0 spiro atoms. The zero-order valence-electron chi connectivity index (χ0n) is 16.5. The molecule has 1 amide bonds. The molecule has 0 aliphatic heterocycles.